The van der Waals surface area contributed by atoms with Gasteiger partial charge in [0, 0.05) is 30.4 Å². The fourth-order valence-electron chi connectivity index (χ4n) is 3.75. The zero-order chi connectivity index (χ0) is 19.8. The molecule has 7 nitrogen and oxygen atoms in total. The van der Waals surface area contributed by atoms with Crippen LogP contribution in [-0.2, 0) is 0 Å². The predicted molar refractivity (Wildman–Crippen MR) is 116 cm³/mol. The van der Waals surface area contributed by atoms with Crippen molar-refractivity contribution in [2.45, 2.75) is 38.1 Å². The van der Waals surface area contributed by atoms with Crippen molar-refractivity contribution >= 4 is 37.5 Å². The van der Waals surface area contributed by atoms with Gasteiger partial charge in [-0.2, -0.15) is 10.2 Å². The number of nitrogens with zero attached hydrogens (tertiary/aromatic N) is 6. The molecular formula is C20H20N6OS2. The summed E-state index contributed by atoms with van der Waals surface area (Å²) in [6.07, 6.45) is 11.4. The molecule has 1 saturated carbocycles. The highest BCUT2D eigenvalue weighted by molar-refractivity contribution is 7.29. The van der Waals surface area contributed by atoms with E-state index < -0.39 is 0 Å². The maximum absolute atomic E-state index is 10.5. The number of fused-ring (bicyclic) bond motifs is 1. The van der Waals surface area contributed by atoms with Gasteiger partial charge in [0.1, 0.15) is 16.5 Å². The van der Waals surface area contributed by atoms with Gasteiger partial charge in [-0.05, 0) is 25.0 Å². The molecule has 4 aromatic rings. The largest absolute Gasteiger partial charge is 0.506 e. The Morgan fingerprint density at radius 3 is 2.55 bits per heavy atom. The smallest absolute Gasteiger partial charge is 0.188 e. The van der Waals surface area contributed by atoms with Crippen molar-refractivity contribution in [3.8, 4) is 27.6 Å². The predicted octanol–water partition coefficient (Wildman–Crippen LogP) is 4.75. The van der Waals surface area contributed by atoms with Crippen LogP contribution in [0.2, 0.25) is 0 Å². The molecule has 1 aliphatic carbocycles. The summed E-state index contributed by atoms with van der Waals surface area (Å²) in [6.45, 7) is 0. The second-order valence-corrected chi connectivity index (χ2v) is 9.18. The maximum Gasteiger partial charge on any atom is 0.188 e. The number of hydrogen-bond donors (Lipinski definition) is 1. The highest BCUT2D eigenvalue weighted by Crippen LogP contribution is 2.39. The van der Waals surface area contributed by atoms with E-state index in [0.29, 0.717) is 16.7 Å². The molecule has 0 saturated heterocycles. The van der Waals surface area contributed by atoms with Gasteiger partial charge in [0.2, 0.25) is 0 Å². The zero-order valence-corrected chi connectivity index (χ0v) is 17.6. The Hall–Kier alpha value is -2.65. The van der Waals surface area contributed by atoms with E-state index in [1.54, 1.807) is 36.0 Å². The molecule has 0 radical (unpaired) electrons. The van der Waals surface area contributed by atoms with Crippen LogP contribution in [0.4, 0.5) is 5.13 Å². The normalized spacial score (nSPS) is 15.1. The first-order chi connectivity index (χ1) is 14.2. The number of anilines is 1. The Balaban J connectivity index is 1.42. The summed E-state index contributed by atoms with van der Waals surface area (Å²) >= 11 is 3.08. The molecule has 0 amide bonds. The van der Waals surface area contributed by atoms with Gasteiger partial charge in [0.05, 0.1) is 12.4 Å². The summed E-state index contributed by atoms with van der Waals surface area (Å²) in [7, 11) is 2.14. The minimum absolute atomic E-state index is 0.0975. The number of pyridine rings is 1. The van der Waals surface area contributed by atoms with Crippen LogP contribution in [0.1, 0.15) is 32.1 Å². The molecule has 148 valence electrons. The minimum Gasteiger partial charge on any atom is -0.506 e. The molecule has 0 atom stereocenters. The minimum atomic E-state index is 0.0975. The highest BCUT2D eigenvalue weighted by Gasteiger charge is 2.22. The molecule has 0 aliphatic heterocycles. The van der Waals surface area contributed by atoms with Crippen molar-refractivity contribution in [2.24, 2.45) is 0 Å². The lowest BCUT2D eigenvalue weighted by molar-refractivity contribution is 0.427. The van der Waals surface area contributed by atoms with Gasteiger partial charge in [-0.3, -0.25) is 0 Å². The van der Waals surface area contributed by atoms with E-state index in [2.05, 4.69) is 27.1 Å². The van der Waals surface area contributed by atoms with Crippen molar-refractivity contribution < 1.29 is 5.11 Å². The van der Waals surface area contributed by atoms with E-state index >= 15 is 0 Å². The SMILES string of the molecule is CN(c1nc2sc(-c3ncc(-c4ccnnc4)cc3O)nc2s1)C1CCCCC1. The summed E-state index contributed by atoms with van der Waals surface area (Å²) in [5.74, 6) is 0.0975. The third-order valence-corrected chi connectivity index (χ3v) is 7.50. The Kier molecular flexibility index (Phi) is 4.84. The van der Waals surface area contributed by atoms with Crippen molar-refractivity contribution in [1.82, 2.24) is 25.1 Å². The van der Waals surface area contributed by atoms with Crippen molar-refractivity contribution in [1.29, 1.82) is 0 Å². The molecule has 4 aromatic heterocycles. The molecule has 4 heterocycles. The molecule has 29 heavy (non-hydrogen) atoms. The second kappa shape index (κ2) is 7.64. The quantitative estimate of drug-likeness (QED) is 0.506. The topological polar surface area (TPSA) is 87.9 Å². The van der Waals surface area contributed by atoms with E-state index in [0.717, 1.165) is 25.9 Å². The van der Waals surface area contributed by atoms with Gasteiger partial charge in [0.25, 0.3) is 0 Å². The van der Waals surface area contributed by atoms with E-state index in [1.807, 2.05) is 6.07 Å². The summed E-state index contributed by atoms with van der Waals surface area (Å²) in [5, 5.41) is 19.9. The Morgan fingerprint density at radius 1 is 1.00 bits per heavy atom. The molecule has 1 aliphatic rings. The van der Waals surface area contributed by atoms with E-state index in [9.17, 15) is 5.11 Å². The third kappa shape index (κ3) is 3.56. The summed E-state index contributed by atoms with van der Waals surface area (Å²) < 4.78 is 0. The number of aromatic nitrogens is 5. The van der Waals surface area contributed by atoms with Crippen molar-refractivity contribution in [3.05, 3.63) is 30.7 Å². The first-order valence-corrected chi connectivity index (χ1v) is 11.3. The maximum atomic E-state index is 10.5. The van der Waals surface area contributed by atoms with E-state index in [-0.39, 0.29) is 5.75 Å². The van der Waals surface area contributed by atoms with Crippen LogP contribution in [0.3, 0.4) is 0 Å². The molecule has 0 spiro atoms. The summed E-state index contributed by atoms with van der Waals surface area (Å²) in [6, 6.07) is 4.09. The Morgan fingerprint density at radius 2 is 1.83 bits per heavy atom. The first-order valence-electron chi connectivity index (χ1n) is 9.65. The molecule has 0 aromatic carbocycles. The van der Waals surface area contributed by atoms with Crippen LogP contribution < -0.4 is 4.90 Å². The van der Waals surface area contributed by atoms with Gasteiger partial charge in [-0.15, -0.1) is 0 Å². The number of rotatable bonds is 4. The lowest BCUT2D eigenvalue weighted by Gasteiger charge is -2.30. The van der Waals surface area contributed by atoms with Gasteiger partial charge >= 0.3 is 0 Å². The second-order valence-electron chi connectivity index (χ2n) is 7.25. The Bertz CT molecular complexity index is 1110. The molecule has 5 rings (SSSR count). The first kappa shape index (κ1) is 18.4. The van der Waals surface area contributed by atoms with Crippen LogP contribution in [0.5, 0.6) is 5.75 Å². The number of aromatic hydroxyl groups is 1. The van der Waals surface area contributed by atoms with E-state index in [1.165, 1.54) is 43.4 Å². The van der Waals surface area contributed by atoms with Crippen molar-refractivity contribution in [2.75, 3.05) is 11.9 Å². The van der Waals surface area contributed by atoms with Crippen LogP contribution in [-0.4, -0.2) is 43.3 Å². The molecule has 1 N–H and O–H groups in total. The molecule has 0 unspecified atom stereocenters. The highest BCUT2D eigenvalue weighted by atomic mass is 32.1. The summed E-state index contributed by atoms with van der Waals surface area (Å²) in [5.41, 5.74) is 2.12. The van der Waals surface area contributed by atoms with Gasteiger partial charge in [0.15, 0.2) is 14.8 Å². The summed E-state index contributed by atoms with van der Waals surface area (Å²) in [4.78, 5) is 18.0. The lowest BCUT2D eigenvalue weighted by Crippen LogP contribution is -2.33. The average Bonchev–Trinajstić information content (AvgIpc) is 3.34. The third-order valence-electron chi connectivity index (χ3n) is 5.38. The standard InChI is InChI=1S/C20H20N6OS2/c1-26(14-5-3-2-4-6-14)20-25-19-18(29-20)24-17(28-19)16-15(27)9-13(10-21-16)12-7-8-22-23-11-12/h7-11,14,27H,2-6H2,1H3. The van der Waals surface area contributed by atoms with Crippen LogP contribution in [0.25, 0.3) is 31.5 Å². The lowest BCUT2D eigenvalue weighted by atomic mass is 9.95. The van der Waals surface area contributed by atoms with Crippen LogP contribution in [0.15, 0.2) is 30.7 Å². The molecule has 9 heteroatoms. The number of thiazole rings is 2. The fraction of sp³-hybridized carbons (Fsp3) is 0.350. The monoisotopic (exact) mass is 424 g/mol. The van der Waals surface area contributed by atoms with Crippen LogP contribution >= 0.6 is 22.7 Å². The van der Waals surface area contributed by atoms with Crippen LogP contribution in [0, 0.1) is 0 Å². The van der Waals surface area contributed by atoms with Gasteiger partial charge in [-0.25, -0.2) is 15.0 Å². The molecule has 0 bridgehead atoms. The van der Waals surface area contributed by atoms with Gasteiger partial charge < -0.3 is 10.0 Å². The average molecular weight is 425 g/mol. The number of hydrogen-bond acceptors (Lipinski definition) is 9. The fourth-order valence-corrected chi connectivity index (χ4v) is 5.82. The Labute approximate surface area is 176 Å². The zero-order valence-electron chi connectivity index (χ0n) is 15.9. The van der Waals surface area contributed by atoms with Gasteiger partial charge in [-0.1, -0.05) is 41.9 Å². The van der Waals surface area contributed by atoms with Crippen molar-refractivity contribution in [3.63, 3.8) is 0 Å². The molecular weight excluding hydrogens is 404 g/mol. The van der Waals surface area contributed by atoms with E-state index in [4.69, 9.17) is 9.97 Å². The molecule has 1 fully saturated rings.